The number of amides is 1. The van der Waals surface area contributed by atoms with E-state index in [9.17, 15) is 14.4 Å². The van der Waals surface area contributed by atoms with Crippen molar-refractivity contribution >= 4 is 45.2 Å². The highest BCUT2D eigenvalue weighted by atomic mass is 32.1. The fourth-order valence-electron chi connectivity index (χ4n) is 5.00. The molecule has 42 heavy (non-hydrogen) atoms. The second kappa shape index (κ2) is 11.6. The number of anilines is 1. The summed E-state index contributed by atoms with van der Waals surface area (Å²) in [6.07, 6.45) is 6.64. The molecule has 1 amide bonds. The molecule has 0 saturated carbocycles. The second-order valence-electron chi connectivity index (χ2n) is 9.88. The third-order valence-corrected chi connectivity index (χ3v) is 8.32. The highest BCUT2D eigenvalue weighted by Gasteiger charge is 2.28. The lowest BCUT2D eigenvalue weighted by Crippen LogP contribution is -2.30. The van der Waals surface area contributed by atoms with Crippen LogP contribution in [0, 0.1) is 0 Å². The fourth-order valence-corrected chi connectivity index (χ4v) is 6.28. The maximum atomic E-state index is 13.1. The van der Waals surface area contributed by atoms with Gasteiger partial charge in [0.2, 0.25) is 0 Å². The summed E-state index contributed by atoms with van der Waals surface area (Å²) in [5.74, 6) is -0.724. The van der Waals surface area contributed by atoms with Crippen molar-refractivity contribution < 1.29 is 32.7 Å². The summed E-state index contributed by atoms with van der Waals surface area (Å²) in [6, 6.07) is 11.8. The standard InChI is InChI=1S/C31H27N3O7S/c1-17(28(35)34-29-25(31(37)38-2)19-8-4-3-5-11-24(19)42-29)41-30(36)18-12-13-20-21(16-18)33-27(23-10-7-15-40-23)26(32-20)22-9-6-14-39-22/h6-7,9-10,12-17H,3-5,8,11H2,1-2H3,(H,34,35). The van der Waals surface area contributed by atoms with E-state index >= 15 is 0 Å². The Bertz CT molecular complexity index is 1770. The van der Waals surface area contributed by atoms with Crippen LogP contribution in [0.5, 0.6) is 0 Å². The van der Waals surface area contributed by atoms with Crippen molar-refractivity contribution in [2.75, 3.05) is 12.4 Å². The van der Waals surface area contributed by atoms with E-state index in [-0.39, 0.29) is 5.56 Å². The van der Waals surface area contributed by atoms with Crippen molar-refractivity contribution in [2.24, 2.45) is 0 Å². The van der Waals surface area contributed by atoms with Gasteiger partial charge in [-0.2, -0.15) is 0 Å². The van der Waals surface area contributed by atoms with Crippen LogP contribution in [0.15, 0.2) is 63.8 Å². The van der Waals surface area contributed by atoms with Gasteiger partial charge in [-0.1, -0.05) is 6.42 Å². The number of nitrogens with zero attached hydrogens (tertiary/aromatic N) is 2. The lowest BCUT2D eigenvalue weighted by Gasteiger charge is -2.14. The molecule has 0 spiro atoms. The Morgan fingerprint density at radius 3 is 2.26 bits per heavy atom. The Morgan fingerprint density at radius 1 is 0.905 bits per heavy atom. The third-order valence-electron chi connectivity index (χ3n) is 7.11. The molecule has 1 aliphatic rings. The van der Waals surface area contributed by atoms with Gasteiger partial charge in [-0.3, -0.25) is 4.79 Å². The summed E-state index contributed by atoms with van der Waals surface area (Å²) in [5, 5.41) is 3.21. The number of ether oxygens (including phenoxy) is 2. The van der Waals surface area contributed by atoms with Gasteiger partial charge >= 0.3 is 11.9 Å². The minimum atomic E-state index is -1.13. The molecular formula is C31H27N3O7S. The lowest BCUT2D eigenvalue weighted by atomic mass is 10.1. The first-order chi connectivity index (χ1) is 20.4. The monoisotopic (exact) mass is 585 g/mol. The highest BCUT2D eigenvalue weighted by Crippen LogP contribution is 2.38. The van der Waals surface area contributed by atoms with Crippen molar-refractivity contribution in [2.45, 2.75) is 45.1 Å². The van der Waals surface area contributed by atoms with E-state index in [4.69, 9.17) is 28.3 Å². The number of carbonyl (C=O) groups is 3. The van der Waals surface area contributed by atoms with E-state index in [1.54, 1.807) is 48.7 Å². The zero-order valence-electron chi connectivity index (χ0n) is 23.0. The number of fused-ring (bicyclic) bond motifs is 2. The van der Waals surface area contributed by atoms with Crippen LogP contribution in [-0.2, 0) is 27.1 Å². The molecular weight excluding hydrogens is 558 g/mol. The number of hydrogen-bond donors (Lipinski definition) is 1. The first kappa shape index (κ1) is 27.4. The molecule has 1 aliphatic carbocycles. The molecule has 0 radical (unpaired) electrons. The van der Waals surface area contributed by atoms with Crippen LogP contribution in [0.4, 0.5) is 5.00 Å². The summed E-state index contributed by atoms with van der Waals surface area (Å²) in [5.41, 5.74) is 3.45. The average Bonchev–Trinajstić information content (AvgIpc) is 3.76. The van der Waals surface area contributed by atoms with Crippen LogP contribution in [0.25, 0.3) is 33.9 Å². The summed E-state index contributed by atoms with van der Waals surface area (Å²) in [6.45, 7) is 1.48. The van der Waals surface area contributed by atoms with E-state index < -0.39 is 23.9 Å². The Labute approximate surface area is 244 Å². The zero-order chi connectivity index (χ0) is 29.2. The molecule has 10 nitrogen and oxygen atoms in total. The Morgan fingerprint density at radius 2 is 1.60 bits per heavy atom. The summed E-state index contributed by atoms with van der Waals surface area (Å²) in [4.78, 5) is 49.3. The van der Waals surface area contributed by atoms with E-state index in [1.165, 1.54) is 31.6 Å². The summed E-state index contributed by atoms with van der Waals surface area (Å²) >= 11 is 1.38. The van der Waals surface area contributed by atoms with Gasteiger partial charge in [0.25, 0.3) is 5.91 Å². The number of rotatable bonds is 7. The van der Waals surface area contributed by atoms with Crippen molar-refractivity contribution in [3.63, 3.8) is 0 Å². The molecule has 1 aromatic carbocycles. The van der Waals surface area contributed by atoms with Crippen LogP contribution in [0.3, 0.4) is 0 Å². The number of methoxy groups -OCH3 is 1. The number of thiophene rings is 1. The second-order valence-corrected chi connectivity index (χ2v) is 11.0. The van der Waals surface area contributed by atoms with Gasteiger partial charge in [0.1, 0.15) is 16.4 Å². The topological polar surface area (TPSA) is 134 Å². The molecule has 4 aromatic heterocycles. The fraction of sp³-hybridized carbons (Fsp3) is 0.258. The molecule has 6 rings (SSSR count). The SMILES string of the molecule is COC(=O)c1c(NC(=O)C(C)OC(=O)c2ccc3nc(-c4ccco4)c(-c4ccco4)nc3c2)sc2c1CCCCC2. The van der Waals surface area contributed by atoms with Gasteiger partial charge in [0.05, 0.1) is 41.8 Å². The van der Waals surface area contributed by atoms with Crippen LogP contribution < -0.4 is 5.32 Å². The predicted molar refractivity (Wildman–Crippen MR) is 155 cm³/mol. The van der Waals surface area contributed by atoms with Gasteiger partial charge < -0.3 is 23.6 Å². The summed E-state index contributed by atoms with van der Waals surface area (Å²) < 4.78 is 21.6. The van der Waals surface area contributed by atoms with Crippen LogP contribution in [-0.4, -0.2) is 41.0 Å². The maximum Gasteiger partial charge on any atom is 0.341 e. The number of esters is 2. The number of aromatic nitrogens is 2. The first-order valence-electron chi connectivity index (χ1n) is 13.6. The number of nitrogens with one attached hydrogen (secondary N) is 1. The minimum absolute atomic E-state index is 0.200. The van der Waals surface area contributed by atoms with Gasteiger partial charge in [0.15, 0.2) is 17.6 Å². The Balaban J connectivity index is 1.23. The first-order valence-corrected chi connectivity index (χ1v) is 14.4. The van der Waals surface area contributed by atoms with Crippen molar-refractivity contribution in [1.82, 2.24) is 9.97 Å². The lowest BCUT2D eigenvalue weighted by molar-refractivity contribution is -0.123. The number of carbonyl (C=O) groups excluding carboxylic acids is 3. The number of aryl methyl sites for hydroxylation is 1. The molecule has 0 saturated heterocycles. The predicted octanol–water partition coefficient (Wildman–Crippen LogP) is 6.45. The molecule has 5 aromatic rings. The van der Waals surface area contributed by atoms with E-state index in [0.717, 1.165) is 42.5 Å². The highest BCUT2D eigenvalue weighted by molar-refractivity contribution is 7.17. The van der Waals surface area contributed by atoms with E-state index in [0.29, 0.717) is 44.5 Å². The molecule has 1 atom stereocenters. The quantitative estimate of drug-likeness (QED) is 0.169. The maximum absolute atomic E-state index is 13.1. The van der Waals surface area contributed by atoms with Crippen LogP contribution in [0.2, 0.25) is 0 Å². The number of hydrogen-bond acceptors (Lipinski definition) is 10. The van der Waals surface area contributed by atoms with Gasteiger partial charge in [-0.25, -0.2) is 19.6 Å². The average molecular weight is 586 g/mol. The molecule has 4 heterocycles. The molecule has 214 valence electrons. The Hall–Kier alpha value is -4.77. The smallest absolute Gasteiger partial charge is 0.341 e. The van der Waals surface area contributed by atoms with E-state index in [2.05, 4.69) is 5.32 Å². The van der Waals surface area contributed by atoms with Crippen molar-refractivity contribution in [3.05, 3.63) is 76.6 Å². The normalized spacial score (nSPS) is 13.7. The molecule has 1 unspecified atom stereocenters. The van der Waals surface area contributed by atoms with Crippen LogP contribution >= 0.6 is 11.3 Å². The number of furan rings is 2. The molecule has 0 bridgehead atoms. The van der Waals surface area contributed by atoms with Crippen LogP contribution in [0.1, 0.15) is 57.3 Å². The molecule has 0 aliphatic heterocycles. The van der Waals surface area contributed by atoms with Gasteiger partial charge in [-0.15, -0.1) is 11.3 Å². The Kier molecular flexibility index (Phi) is 7.58. The zero-order valence-corrected chi connectivity index (χ0v) is 23.8. The van der Waals surface area contributed by atoms with Crippen molar-refractivity contribution in [3.8, 4) is 22.9 Å². The minimum Gasteiger partial charge on any atom is -0.465 e. The van der Waals surface area contributed by atoms with Gasteiger partial charge in [-0.05, 0) is 80.6 Å². The molecule has 11 heteroatoms. The largest absolute Gasteiger partial charge is 0.465 e. The molecule has 0 fully saturated rings. The van der Waals surface area contributed by atoms with E-state index in [1.807, 2.05) is 0 Å². The van der Waals surface area contributed by atoms with Gasteiger partial charge in [0, 0.05) is 4.88 Å². The molecule has 1 N–H and O–H groups in total. The van der Waals surface area contributed by atoms with Crippen molar-refractivity contribution in [1.29, 1.82) is 0 Å². The third kappa shape index (κ3) is 5.30. The summed E-state index contributed by atoms with van der Waals surface area (Å²) in [7, 11) is 1.32. The number of benzene rings is 1.